The molecule has 0 saturated carbocycles. The van der Waals surface area contributed by atoms with E-state index in [2.05, 4.69) is 10.3 Å². The summed E-state index contributed by atoms with van der Waals surface area (Å²) in [5.74, 6) is 0.487. The highest BCUT2D eigenvalue weighted by molar-refractivity contribution is 7.13. The van der Waals surface area contributed by atoms with Crippen molar-refractivity contribution in [2.45, 2.75) is 12.8 Å². The Kier molecular flexibility index (Phi) is 4.15. The van der Waals surface area contributed by atoms with Gasteiger partial charge in [-0.2, -0.15) is 0 Å². The molecule has 0 bridgehead atoms. The van der Waals surface area contributed by atoms with Crippen LogP contribution in [0.4, 0.5) is 9.52 Å². The summed E-state index contributed by atoms with van der Waals surface area (Å²) in [5.41, 5.74) is 1.88. The first-order valence-electron chi connectivity index (χ1n) is 5.67. The van der Waals surface area contributed by atoms with E-state index in [1.807, 2.05) is 12.4 Å². The Labute approximate surface area is 110 Å². The van der Waals surface area contributed by atoms with Crippen molar-refractivity contribution in [3.8, 4) is 5.75 Å². The molecule has 1 aromatic carbocycles. The van der Waals surface area contributed by atoms with Crippen LogP contribution in [0.15, 0.2) is 23.6 Å². The van der Waals surface area contributed by atoms with Gasteiger partial charge in [0.2, 0.25) is 0 Å². The van der Waals surface area contributed by atoms with Gasteiger partial charge in [-0.1, -0.05) is 0 Å². The van der Waals surface area contributed by atoms with E-state index < -0.39 is 0 Å². The second kappa shape index (κ2) is 5.82. The van der Waals surface area contributed by atoms with Crippen molar-refractivity contribution in [2.75, 3.05) is 19.5 Å². The number of nitrogens with zero attached hydrogens (tertiary/aromatic N) is 1. The van der Waals surface area contributed by atoms with E-state index in [0.717, 1.165) is 28.6 Å². The number of benzene rings is 1. The Morgan fingerprint density at radius 1 is 1.39 bits per heavy atom. The highest BCUT2D eigenvalue weighted by Gasteiger charge is 2.07. The van der Waals surface area contributed by atoms with E-state index in [0.29, 0.717) is 6.42 Å². The number of methoxy groups -OCH3 is 1. The first kappa shape index (κ1) is 12.8. The Morgan fingerprint density at radius 3 is 2.89 bits per heavy atom. The summed E-state index contributed by atoms with van der Waals surface area (Å²) in [7, 11) is 3.44. The molecule has 1 aromatic heterocycles. The van der Waals surface area contributed by atoms with Crippen LogP contribution in [0.25, 0.3) is 0 Å². The van der Waals surface area contributed by atoms with E-state index in [-0.39, 0.29) is 5.82 Å². The predicted molar refractivity (Wildman–Crippen MR) is 72.0 cm³/mol. The number of anilines is 1. The average molecular weight is 266 g/mol. The molecule has 18 heavy (non-hydrogen) atoms. The second-order valence-corrected chi connectivity index (χ2v) is 4.71. The third kappa shape index (κ3) is 2.98. The summed E-state index contributed by atoms with van der Waals surface area (Å²) in [5, 5.41) is 5.91. The lowest BCUT2D eigenvalue weighted by Crippen LogP contribution is -1.97. The Morgan fingerprint density at radius 2 is 2.22 bits per heavy atom. The number of ether oxygens (including phenoxy) is 1. The smallest absolute Gasteiger partial charge is 0.182 e. The molecule has 0 atom stereocenters. The highest BCUT2D eigenvalue weighted by atomic mass is 32.1. The molecule has 0 aliphatic rings. The van der Waals surface area contributed by atoms with E-state index in [1.165, 1.54) is 12.1 Å². The molecule has 1 N–H and O–H groups in total. The third-order valence-electron chi connectivity index (χ3n) is 2.66. The molecule has 5 heteroatoms. The van der Waals surface area contributed by atoms with E-state index in [1.54, 1.807) is 24.5 Å². The standard InChI is InChI=1S/C13H15FN2OS/c1-15-13-16-11(8-18-13)5-3-9-7-10(14)4-6-12(9)17-2/h4,6-8H,3,5H2,1-2H3,(H,15,16). The number of thiazole rings is 1. The average Bonchev–Trinajstić information content (AvgIpc) is 2.84. The van der Waals surface area contributed by atoms with Crippen LogP contribution in [0.1, 0.15) is 11.3 Å². The van der Waals surface area contributed by atoms with Crippen molar-refractivity contribution in [1.82, 2.24) is 4.98 Å². The van der Waals surface area contributed by atoms with Crippen LogP contribution in [0.5, 0.6) is 5.75 Å². The molecule has 1 heterocycles. The molecule has 96 valence electrons. The van der Waals surface area contributed by atoms with E-state index in [4.69, 9.17) is 4.74 Å². The quantitative estimate of drug-likeness (QED) is 0.903. The molecule has 0 radical (unpaired) electrons. The van der Waals surface area contributed by atoms with Crippen LogP contribution in [-0.4, -0.2) is 19.1 Å². The zero-order chi connectivity index (χ0) is 13.0. The van der Waals surface area contributed by atoms with Crippen molar-refractivity contribution < 1.29 is 9.13 Å². The summed E-state index contributed by atoms with van der Waals surface area (Å²) in [6, 6.07) is 4.58. The maximum Gasteiger partial charge on any atom is 0.182 e. The number of hydrogen-bond donors (Lipinski definition) is 1. The summed E-state index contributed by atoms with van der Waals surface area (Å²) in [6.45, 7) is 0. The molecular weight excluding hydrogens is 251 g/mol. The van der Waals surface area contributed by atoms with Gasteiger partial charge < -0.3 is 10.1 Å². The van der Waals surface area contributed by atoms with E-state index >= 15 is 0 Å². The summed E-state index contributed by atoms with van der Waals surface area (Å²) in [4.78, 5) is 4.39. The molecule has 0 aliphatic carbocycles. The molecular formula is C13H15FN2OS. The number of aromatic nitrogens is 1. The summed E-state index contributed by atoms with van der Waals surface area (Å²) >= 11 is 1.57. The Balaban J connectivity index is 2.07. The summed E-state index contributed by atoms with van der Waals surface area (Å²) < 4.78 is 18.4. The number of aryl methyl sites for hydroxylation is 2. The van der Waals surface area contributed by atoms with Crippen LogP contribution in [0.2, 0.25) is 0 Å². The van der Waals surface area contributed by atoms with Gasteiger partial charge >= 0.3 is 0 Å². The molecule has 0 unspecified atom stereocenters. The largest absolute Gasteiger partial charge is 0.496 e. The fourth-order valence-electron chi connectivity index (χ4n) is 1.74. The van der Waals surface area contributed by atoms with Crippen LogP contribution >= 0.6 is 11.3 Å². The van der Waals surface area contributed by atoms with Gasteiger partial charge in [-0.05, 0) is 36.6 Å². The van der Waals surface area contributed by atoms with Crippen molar-refractivity contribution in [3.05, 3.63) is 40.7 Å². The first-order chi connectivity index (χ1) is 8.72. The summed E-state index contributed by atoms with van der Waals surface area (Å²) in [6.07, 6.45) is 1.49. The molecule has 3 nitrogen and oxygen atoms in total. The second-order valence-electron chi connectivity index (χ2n) is 3.85. The number of nitrogens with one attached hydrogen (secondary N) is 1. The lowest BCUT2D eigenvalue weighted by atomic mass is 10.1. The Bertz CT molecular complexity index is 527. The lowest BCUT2D eigenvalue weighted by Gasteiger charge is -2.07. The van der Waals surface area contributed by atoms with Crippen LogP contribution < -0.4 is 10.1 Å². The van der Waals surface area contributed by atoms with Crippen molar-refractivity contribution >= 4 is 16.5 Å². The molecule has 0 spiro atoms. The third-order valence-corrected chi connectivity index (χ3v) is 3.57. The fourth-order valence-corrected chi connectivity index (χ4v) is 2.45. The van der Waals surface area contributed by atoms with Crippen molar-refractivity contribution in [3.63, 3.8) is 0 Å². The zero-order valence-corrected chi connectivity index (χ0v) is 11.2. The number of halogens is 1. The molecule has 0 saturated heterocycles. The van der Waals surface area contributed by atoms with Gasteiger partial charge in [0.15, 0.2) is 5.13 Å². The van der Waals surface area contributed by atoms with Crippen molar-refractivity contribution in [2.24, 2.45) is 0 Å². The minimum atomic E-state index is -0.236. The minimum Gasteiger partial charge on any atom is -0.496 e. The van der Waals surface area contributed by atoms with Gasteiger partial charge in [-0.15, -0.1) is 11.3 Å². The zero-order valence-electron chi connectivity index (χ0n) is 10.4. The monoisotopic (exact) mass is 266 g/mol. The molecule has 2 aromatic rings. The van der Waals surface area contributed by atoms with Gasteiger partial charge in [-0.3, -0.25) is 0 Å². The molecule has 0 fully saturated rings. The van der Waals surface area contributed by atoms with Gasteiger partial charge in [0.1, 0.15) is 11.6 Å². The molecule has 2 rings (SSSR count). The van der Waals surface area contributed by atoms with Gasteiger partial charge in [0, 0.05) is 12.4 Å². The Hall–Kier alpha value is -1.62. The maximum atomic E-state index is 13.2. The first-order valence-corrected chi connectivity index (χ1v) is 6.55. The van der Waals surface area contributed by atoms with Crippen LogP contribution in [0, 0.1) is 5.82 Å². The molecule has 0 amide bonds. The van der Waals surface area contributed by atoms with Gasteiger partial charge in [-0.25, -0.2) is 9.37 Å². The van der Waals surface area contributed by atoms with Gasteiger partial charge in [0.05, 0.1) is 12.8 Å². The van der Waals surface area contributed by atoms with Crippen molar-refractivity contribution in [1.29, 1.82) is 0 Å². The minimum absolute atomic E-state index is 0.236. The highest BCUT2D eigenvalue weighted by Crippen LogP contribution is 2.22. The van der Waals surface area contributed by atoms with Gasteiger partial charge in [0.25, 0.3) is 0 Å². The van der Waals surface area contributed by atoms with Crippen LogP contribution in [-0.2, 0) is 12.8 Å². The molecule has 0 aliphatic heterocycles. The number of hydrogen-bond acceptors (Lipinski definition) is 4. The SMILES string of the molecule is CNc1nc(CCc2cc(F)ccc2OC)cs1. The lowest BCUT2D eigenvalue weighted by molar-refractivity contribution is 0.408. The van der Waals surface area contributed by atoms with Crippen LogP contribution in [0.3, 0.4) is 0 Å². The van der Waals surface area contributed by atoms with E-state index in [9.17, 15) is 4.39 Å². The predicted octanol–water partition coefficient (Wildman–Crippen LogP) is 3.12. The topological polar surface area (TPSA) is 34.2 Å². The maximum absolute atomic E-state index is 13.2. The normalized spacial score (nSPS) is 10.4. The number of rotatable bonds is 5. The fraction of sp³-hybridized carbons (Fsp3) is 0.308.